The molecule has 2 heterocycles. The molecule has 4 aromatic rings. The number of nitrogens with zero attached hydrogens (tertiary/aromatic N) is 3. The van der Waals surface area contributed by atoms with Crippen LogP contribution in [0.1, 0.15) is 5.56 Å². The van der Waals surface area contributed by atoms with Crippen molar-refractivity contribution >= 4 is 80.5 Å². The molecule has 164 valence electrons. The summed E-state index contributed by atoms with van der Waals surface area (Å²) >= 11 is 19.9. The molecular weight excluding hydrogens is 507 g/mol. The fourth-order valence-corrected chi connectivity index (χ4v) is 5.41. The van der Waals surface area contributed by atoms with E-state index in [1.807, 2.05) is 25.1 Å². The SMILES string of the molecule is Cc1ccc(Cl)cc1NC(=O)CSc1nc2c(sc(=S)n2-c2ccc(Cl)cc2)c(=O)n1C. The number of anilines is 1. The molecule has 0 aliphatic carbocycles. The van der Waals surface area contributed by atoms with Crippen molar-refractivity contribution in [3.8, 4) is 5.69 Å². The second kappa shape index (κ2) is 9.36. The zero-order valence-electron chi connectivity index (χ0n) is 16.9. The van der Waals surface area contributed by atoms with Crippen LogP contribution in [0.4, 0.5) is 5.69 Å². The van der Waals surface area contributed by atoms with Gasteiger partial charge in [-0.1, -0.05) is 52.4 Å². The van der Waals surface area contributed by atoms with Gasteiger partial charge in [0.2, 0.25) is 5.91 Å². The lowest BCUT2D eigenvalue weighted by Gasteiger charge is -2.10. The number of aryl methyl sites for hydroxylation is 1. The van der Waals surface area contributed by atoms with Gasteiger partial charge in [0.05, 0.1) is 5.75 Å². The molecule has 0 spiro atoms. The van der Waals surface area contributed by atoms with E-state index in [-0.39, 0.29) is 17.2 Å². The van der Waals surface area contributed by atoms with E-state index < -0.39 is 0 Å². The van der Waals surface area contributed by atoms with Crippen molar-refractivity contribution < 1.29 is 4.79 Å². The first-order valence-corrected chi connectivity index (χ1v) is 12.3. The molecule has 1 amide bonds. The van der Waals surface area contributed by atoms with Crippen LogP contribution in [0.2, 0.25) is 10.0 Å². The van der Waals surface area contributed by atoms with E-state index in [4.69, 9.17) is 35.4 Å². The van der Waals surface area contributed by atoms with E-state index in [2.05, 4.69) is 10.3 Å². The van der Waals surface area contributed by atoms with Crippen LogP contribution in [0.15, 0.2) is 52.4 Å². The summed E-state index contributed by atoms with van der Waals surface area (Å²) < 4.78 is 4.13. The minimum atomic E-state index is -0.227. The largest absolute Gasteiger partial charge is 0.325 e. The lowest BCUT2D eigenvalue weighted by molar-refractivity contribution is -0.113. The van der Waals surface area contributed by atoms with Gasteiger partial charge in [-0.15, -0.1) is 0 Å². The van der Waals surface area contributed by atoms with Crippen molar-refractivity contribution in [3.05, 3.63) is 72.4 Å². The minimum Gasteiger partial charge on any atom is -0.325 e. The van der Waals surface area contributed by atoms with Gasteiger partial charge >= 0.3 is 0 Å². The molecule has 32 heavy (non-hydrogen) atoms. The number of hydrogen-bond donors (Lipinski definition) is 1. The van der Waals surface area contributed by atoms with E-state index in [0.717, 1.165) is 11.3 Å². The summed E-state index contributed by atoms with van der Waals surface area (Å²) in [7, 11) is 1.63. The molecule has 0 unspecified atom stereocenters. The summed E-state index contributed by atoms with van der Waals surface area (Å²) in [5.74, 6) is -0.154. The fraction of sp³-hybridized carbons (Fsp3) is 0.143. The second-order valence-corrected chi connectivity index (χ2v) is 10.3. The monoisotopic (exact) mass is 522 g/mol. The minimum absolute atomic E-state index is 0.0730. The standard InChI is InChI=1S/C21H16Cl2N4O2S3/c1-11-3-4-13(23)9-15(11)24-16(28)10-31-20-25-18-17(19(29)26(20)2)32-21(30)27(18)14-7-5-12(22)6-8-14/h3-9H,10H2,1-2H3,(H,24,28). The smallest absolute Gasteiger partial charge is 0.273 e. The van der Waals surface area contributed by atoms with Crippen LogP contribution in [0.5, 0.6) is 0 Å². The van der Waals surface area contributed by atoms with Gasteiger partial charge in [-0.25, -0.2) is 4.98 Å². The first-order valence-electron chi connectivity index (χ1n) is 9.32. The first kappa shape index (κ1) is 23.0. The normalized spacial score (nSPS) is 11.1. The number of carbonyl (C=O) groups is 1. The first-order chi connectivity index (χ1) is 15.2. The van der Waals surface area contributed by atoms with Crippen LogP contribution in [0.25, 0.3) is 16.0 Å². The summed E-state index contributed by atoms with van der Waals surface area (Å²) in [5, 5.41) is 4.40. The number of nitrogens with one attached hydrogen (secondary N) is 1. The Labute approximate surface area is 206 Å². The summed E-state index contributed by atoms with van der Waals surface area (Å²) in [6.07, 6.45) is 0. The summed E-state index contributed by atoms with van der Waals surface area (Å²) in [4.78, 5) is 30.1. The van der Waals surface area contributed by atoms with Crippen molar-refractivity contribution in [2.24, 2.45) is 7.05 Å². The maximum absolute atomic E-state index is 12.9. The highest BCUT2D eigenvalue weighted by atomic mass is 35.5. The number of aromatic nitrogens is 3. The number of amides is 1. The summed E-state index contributed by atoms with van der Waals surface area (Å²) in [6, 6.07) is 12.4. The number of benzene rings is 2. The molecule has 0 bridgehead atoms. The highest BCUT2D eigenvalue weighted by Crippen LogP contribution is 2.26. The molecule has 0 saturated carbocycles. The van der Waals surface area contributed by atoms with Crippen LogP contribution in [-0.4, -0.2) is 25.8 Å². The van der Waals surface area contributed by atoms with E-state index in [9.17, 15) is 9.59 Å². The number of hydrogen-bond acceptors (Lipinski definition) is 6. The average Bonchev–Trinajstić information content (AvgIpc) is 3.09. The molecule has 4 rings (SSSR count). The van der Waals surface area contributed by atoms with Crippen molar-refractivity contribution in [2.45, 2.75) is 12.1 Å². The van der Waals surface area contributed by atoms with E-state index in [0.29, 0.717) is 35.2 Å². The number of thiazole rings is 1. The topological polar surface area (TPSA) is 68.9 Å². The molecule has 2 aromatic carbocycles. The molecule has 1 N–H and O–H groups in total. The predicted octanol–water partition coefficient (Wildman–Crippen LogP) is 5.86. The Bertz CT molecular complexity index is 1460. The molecule has 0 saturated heterocycles. The Morgan fingerprint density at radius 1 is 1.19 bits per heavy atom. The molecule has 2 aromatic heterocycles. The van der Waals surface area contributed by atoms with Gasteiger partial charge in [-0.05, 0) is 61.1 Å². The number of rotatable bonds is 5. The van der Waals surface area contributed by atoms with Crippen molar-refractivity contribution in [1.82, 2.24) is 14.1 Å². The quantitative estimate of drug-likeness (QED) is 0.202. The molecule has 6 nitrogen and oxygen atoms in total. The van der Waals surface area contributed by atoms with Gasteiger partial charge in [0.25, 0.3) is 5.56 Å². The Kier molecular flexibility index (Phi) is 6.73. The number of fused-ring (bicyclic) bond motifs is 1. The van der Waals surface area contributed by atoms with Gasteiger partial charge < -0.3 is 5.32 Å². The van der Waals surface area contributed by atoms with E-state index in [1.165, 1.54) is 27.7 Å². The summed E-state index contributed by atoms with van der Waals surface area (Å²) in [6.45, 7) is 1.89. The van der Waals surface area contributed by atoms with Gasteiger partial charge in [0.1, 0.15) is 4.70 Å². The molecule has 0 aliphatic heterocycles. The fourth-order valence-electron chi connectivity index (χ4n) is 3.00. The molecule has 0 aliphatic rings. The molecule has 11 heteroatoms. The van der Waals surface area contributed by atoms with Gasteiger partial charge in [0.15, 0.2) is 14.8 Å². The van der Waals surface area contributed by atoms with Crippen molar-refractivity contribution in [3.63, 3.8) is 0 Å². The maximum Gasteiger partial charge on any atom is 0.273 e. The predicted molar refractivity (Wildman–Crippen MR) is 136 cm³/mol. The van der Waals surface area contributed by atoms with Gasteiger partial charge in [-0.2, -0.15) is 0 Å². The zero-order valence-corrected chi connectivity index (χ0v) is 20.8. The van der Waals surface area contributed by atoms with Crippen LogP contribution in [0.3, 0.4) is 0 Å². The van der Waals surface area contributed by atoms with Crippen LogP contribution in [0, 0.1) is 10.9 Å². The maximum atomic E-state index is 12.9. The van der Waals surface area contributed by atoms with Gasteiger partial charge in [-0.3, -0.25) is 18.7 Å². The van der Waals surface area contributed by atoms with Crippen LogP contribution >= 0.6 is 58.5 Å². The third-order valence-corrected chi connectivity index (χ3v) is 7.53. The lowest BCUT2D eigenvalue weighted by Crippen LogP contribution is -2.21. The molecule has 0 radical (unpaired) electrons. The third-order valence-electron chi connectivity index (χ3n) is 4.67. The second-order valence-electron chi connectivity index (χ2n) is 6.89. The zero-order chi connectivity index (χ0) is 23.0. The average molecular weight is 523 g/mol. The van der Waals surface area contributed by atoms with Crippen LogP contribution in [-0.2, 0) is 11.8 Å². The third kappa shape index (κ3) is 4.62. The van der Waals surface area contributed by atoms with Crippen LogP contribution < -0.4 is 10.9 Å². The highest BCUT2D eigenvalue weighted by Gasteiger charge is 2.17. The van der Waals surface area contributed by atoms with Crippen molar-refractivity contribution in [2.75, 3.05) is 11.1 Å². The Morgan fingerprint density at radius 2 is 1.88 bits per heavy atom. The lowest BCUT2D eigenvalue weighted by atomic mass is 10.2. The number of thioether (sulfide) groups is 1. The Balaban J connectivity index is 1.65. The highest BCUT2D eigenvalue weighted by molar-refractivity contribution is 7.99. The summed E-state index contributed by atoms with van der Waals surface area (Å²) in [5.41, 5.74) is 2.55. The number of carbonyl (C=O) groups excluding carboxylic acids is 1. The molecule has 0 atom stereocenters. The Morgan fingerprint density at radius 3 is 2.59 bits per heavy atom. The van der Waals surface area contributed by atoms with Gasteiger partial charge in [0, 0.05) is 28.5 Å². The number of halogens is 2. The molecular formula is C21H16Cl2N4O2S3. The van der Waals surface area contributed by atoms with Crippen molar-refractivity contribution in [1.29, 1.82) is 0 Å². The van der Waals surface area contributed by atoms with E-state index in [1.54, 1.807) is 35.9 Å². The van der Waals surface area contributed by atoms with E-state index >= 15 is 0 Å². The Hall–Kier alpha value is -2.17. The molecule has 0 fully saturated rings.